The van der Waals surface area contributed by atoms with Gasteiger partial charge in [0, 0.05) is 31.1 Å². The van der Waals surface area contributed by atoms with E-state index in [1.807, 2.05) is 11.0 Å². The summed E-state index contributed by atoms with van der Waals surface area (Å²) in [6.45, 7) is 4.01. The second-order valence-electron chi connectivity index (χ2n) is 6.73. The minimum atomic E-state index is -0.195. The van der Waals surface area contributed by atoms with E-state index >= 15 is 0 Å². The van der Waals surface area contributed by atoms with Gasteiger partial charge in [-0.2, -0.15) is 0 Å². The predicted molar refractivity (Wildman–Crippen MR) is 93.2 cm³/mol. The summed E-state index contributed by atoms with van der Waals surface area (Å²) >= 11 is 1.80. The number of nitrogens with zero attached hydrogens (tertiary/aromatic N) is 2. The zero-order valence-corrected chi connectivity index (χ0v) is 14.4. The highest BCUT2D eigenvalue weighted by Gasteiger charge is 2.32. The SMILES string of the molecule is O=C(C1CCN(Cc2cccc(F)c2)C1)N1CCc2sccc2C1. The van der Waals surface area contributed by atoms with Gasteiger partial charge in [-0.25, -0.2) is 4.39 Å². The molecule has 2 aliphatic rings. The molecular formula is C19H21FN2OS. The number of amides is 1. The first-order valence-electron chi connectivity index (χ1n) is 8.50. The molecule has 1 aromatic heterocycles. The third-order valence-corrected chi connectivity index (χ3v) is 6.06. The summed E-state index contributed by atoms with van der Waals surface area (Å²) in [4.78, 5) is 18.5. The first kappa shape index (κ1) is 15.8. The van der Waals surface area contributed by atoms with Crippen molar-refractivity contribution in [3.63, 3.8) is 0 Å². The summed E-state index contributed by atoms with van der Waals surface area (Å²) in [5.41, 5.74) is 2.29. The fraction of sp³-hybridized carbons (Fsp3) is 0.421. The van der Waals surface area contributed by atoms with E-state index in [0.717, 1.165) is 51.1 Å². The monoisotopic (exact) mass is 344 g/mol. The Balaban J connectivity index is 1.35. The third-order valence-electron chi connectivity index (χ3n) is 5.04. The molecule has 0 aliphatic carbocycles. The van der Waals surface area contributed by atoms with Crippen LogP contribution in [0.5, 0.6) is 0 Å². The highest BCUT2D eigenvalue weighted by molar-refractivity contribution is 7.10. The van der Waals surface area contributed by atoms with E-state index in [2.05, 4.69) is 16.3 Å². The Hall–Kier alpha value is -1.72. The topological polar surface area (TPSA) is 23.6 Å². The van der Waals surface area contributed by atoms with E-state index < -0.39 is 0 Å². The zero-order chi connectivity index (χ0) is 16.5. The average Bonchev–Trinajstić information content (AvgIpc) is 3.22. The molecule has 4 rings (SSSR count). The molecular weight excluding hydrogens is 323 g/mol. The van der Waals surface area contributed by atoms with Crippen LogP contribution in [0.3, 0.4) is 0 Å². The van der Waals surface area contributed by atoms with Crippen LogP contribution in [0.2, 0.25) is 0 Å². The van der Waals surface area contributed by atoms with Gasteiger partial charge in [0.05, 0.1) is 5.92 Å². The van der Waals surface area contributed by atoms with Crippen LogP contribution >= 0.6 is 11.3 Å². The van der Waals surface area contributed by atoms with Gasteiger partial charge in [-0.1, -0.05) is 12.1 Å². The van der Waals surface area contributed by atoms with Crippen molar-refractivity contribution in [2.75, 3.05) is 19.6 Å². The van der Waals surface area contributed by atoms with Crippen LogP contribution < -0.4 is 0 Å². The molecule has 1 fully saturated rings. The molecule has 1 aromatic carbocycles. The summed E-state index contributed by atoms with van der Waals surface area (Å²) in [7, 11) is 0. The molecule has 2 aliphatic heterocycles. The van der Waals surface area contributed by atoms with Gasteiger partial charge in [0.15, 0.2) is 0 Å². The Morgan fingerprint density at radius 3 is 3.08 bits per heavy atom. The molecule has 1 unspecified atom stereocenters. The standard InChI is InChI=1S/C19H21FN2OS/c20-17-3-1-2-14(10-17)11-21-7-4-16(12-21)19(23)22-8-5-18-15(13-22)6-9-24-18/h1-3,6,9-10,16H,4-5,7-8,11-13H2. The van der Waals surface area contributed by atoms with Crippen LogP contribution in [-0.2, 0) is 24.3 Å². The predicted octanol–water partition coefficient (Wildman–Crippen LogP) is 3.29. The molecule has 1 saturated heterocycles. The summed E-state index contributed by atoms with van der Waals surface area (Å²) in [5, 5.41) is 2.12. The normalized spacial score (nSPS) is 21.0. The Labute approximate surface area is 145 Å². The average molecular weight is 344 g/mol. The van der Waals surface area contributed by atoms with Crippen LogP contribution in [-0.4, -0.2) is 35.3 Å². The van der Waals surface area contributed by atoms with Crippen LogP contribution in [0.4, 0.5) is 4.39 Å². The molecule has 3 nitrogen and oxygen atoms in total. The van der Waals surface area contributed by atoms with Crippen molar-refractivity contribution >= 4 is 17.2 Å². The Bertz CT molecular complexity index is 744. The third kappa shape index (κ3) is 3.23. The summed E-state index contributed by atoms with van der Waals surface area (Å²) in [6.07, 6.45) is 1.89. The van der Waals surface area contributed by atoms with Gasteiger partial charge < -0.3 is 4.90 Å². The molecule has 0 bridgehead atoms. The highest BCUT2D eigenvalue weighted by atomic mass is 32.1. The molecule has 1 amide bonds. The van der Waals surface area contributed by atoms with Crippen molar-refractivity contribution < 1.29 is 9.18 Å². The smallest absolute Gasteiger partial charge is 0.227 e. The van der Waals surface area contributed by atoms with Gasteiger partial charge in [-0.15, -0.1) is 11.3 Å². The van der Waals surface area contributed by atoms with Gasteiger partial charge in [-0.3, -0.25) is 9.69 Å². The van der Waals surface area contributed by atoms with E-state index in [9.17, 15) is 9.18 Å². The number of hydrogen-bond donors (Lipinski definition) is 0. The number of halogens is 1. The van der Waals surface area contributed by atoms with Crippen molar-refractivity contribution in [3.05, 3.63) is 57.5 Å². The lowest BCUT2D eigenvalue weighted by Gasteiger charge is -2.29. The Morgan fingerprint density at radius 1 is 1.29 bits per heavy atom. The van der Waals surface area contributed by atoms with Gasteiger partial charge in [-0.05, 0) is 54.1 Å². The molecule has 0 N–H and O–H groups in total. The Morgan fingerprint density at radius 2 is 2.21 bits per heavy atom. The van der Waals surface area contributed by atoms with Crippen LogP contribution in [0.25, 0.3) is 0 Å². The second-order valence-corrected chi connectivity index (χ2v) is 7.73. The fourth-order valence-corrected chi connectivity index (χ4v) is 4.66. The van der Waals surface area contributed by atoms with Crippen LogP contribution in [0.1, 0.15) is 22.4 Å². The molecule has 5 heteroatoms. The van der Waals surface area contributed by atoms with Crippen molar-refractivity contribution in [1.82, 2.24) is 9.80 Å². The van der Waals surface area contributed by atoms with E-state index in [0.29, 0.717) is 0 Å². The highest BCUT2D eigenvalue weighted by Crippen LogP contribution is 2.27. The quantitative estimate of drug-likeness (QED) is 0.853. The molecule has 1 atom stereocenters. The second kappa shape index (κ2) is 6.65. The van der Waals surface area contributed by atoms with Gasteiger partial charge in [0.1, 0.15) is 5.82 Å². The summed E-state index contributed by atoms with van der Waals surface area (Å²) in [5.74, 6) is 0.173. The molecule has 126 valence electrons. The number of thiophene rings is 1. The van der Waals surface area contributed by atoms with Crippen LogP contribution in [0.15, 0.2) is 35.7 Å². The van der Waals surface area contributed by atoms with E-state index in [1.165, 1.54) is 16.5 Å². The minimum Gasteiger partial charge on any atom is -0.338 e. The maximum Gasteiger partial charge on any atom is 0.227 e. The first-order valence-corrected chi connectivity index (χ1v) is 9.38. The number of carbonyl (C=O) groups is 1. The number of benzene rings is 1. The van der Waals surface area contributed by atoms with Crippen molar-refractivity contribution in [2.24, 2.45) is 5.92 Å². The van der Waals surface area contributed by atoms with E-state index in [1.54, 1.807) is 23.5 Å². The van der Waals surface area contributed by atoms with Crippen molar-refractivity contribution in [1.29, 1.82) is 0 Å². The van der Waals surface area contributed by atoms with E-state index in [4.69, 9.17) is 0 Å². The van der Waals surface area contributed by atoms with Crippen LogP contribution in [0, 0.1) is 11.7 Å². The number of likely N-dealkylation sites (tertiary alicyclic amines) is 1. The number of fused-ring (bicyclic) bond motifs is 1. The first-order chi connectivity index (χ1) is 11.7. The maximum absolute atomic E-state index is 13.3. The molecule has 2 aromatic rings. The van der Waals surface area contributed by atoms with Gasteiger partial charge in [0.25, 0.3) is 0 Å². The lowest BCUT2D eigenvalue weighted by Crippen LogP contribution is -2.40. The molecule has 0 radical (unpaired) electrons. The molecule has 3 heterocycles. The van der Waals surface area contributed by atoms with Gasteiger partial charge in [0.2, 0.25) is 5.91 Å². The van der Waals surface area contributed by atoms with Crippen molar-refractivity contribution in [2.45, 2.75) is 25.9 Å². The van der Waals surface area contributed by atoms with E-state index in [-0.39, 0.29) is 17.6 Å². The summed E-state index contributed by atoms with van der Waals surface area (Å²) in [6, 6.07) is 8.88. The zero-order valence-electron chi connectivity index (χ0n) is 13.6. The van der Waals surface area contributed by atoms with Gasteiger partial charge >= 0.3 is 0 Å². The number of hydrogen-bond acceptors (Lipinski definition) is 3. The minimum absolute atomic E-state index is 0.0822. The molecule has 24 heavy (non-hydrogen) atoms. The summed E-state index contributed by atoms with van der Waals surface area (Å²) < 4.78 is 13.3. The largest absolute Gasteiger partial charge is 0.338 e. The molecule has 0 spiro atoms. The molecule has 0 saturated carbocycles. The van der Waals surface area contributed by atoms with Crippen molar-refractivity contribution in [3.8, 4) is 0 Å². The number of carbonyl (C=O) groups excluding carboxylic acids is 1. The maximum atomic E-state index is 13.3. The Kier molecular flexibility index (Phi) is 4.37. The lowest BCUT2D eigenvalue weighted by molar-refractivity contribution is -0.136. The fourth-order valence-electron chi connectivity index (χ4n) is 3.77. The number of rotatable bonds is 3. The lowest BCUT2D eigenvalue weighted by atomic mass is 10.0.